The summed E-state index contributed by atoms with van der Waals surface area (Å²) in [7, 11) is 0. The van der Waals surface area contributed by atoms with Crippen LogP contribution in [-0.2, 0) is 6.42 Å². The van der Waals surface area contributed by atoms with Crippen LogP contribution >= 0.6 is 0 Å². The van der Waals surface area contributed by atoms with Gasteiger partial charge in [-0.05, 0) is 40.6 Å². The topological polar surface area (TPSA) is 105 Å². The van der Waals surface area contributed by atoms with Crippen molar-refractivity contribution in [2.45, 2.75) is 6.42 Å². The predicted molar refractivity (Wildman–Crippen MR) is 66.4 cm³/mol. The van der Waals surface area contributed by atoms with Gasteiger partial charge in [0.05, 0.1) is 0 Å². The zero-order valence-electron chi connectivity index (χ0n) is 9.83. The fraction of sp³-hybridized carbons (Fsp3) is 0.167. The van der Waals surface area contributed by atoms with E-state index in [9.17, 15) is 4.79 Å². The van der Waals surface area contributed by atoms with Gasteiger partial charge in [-0.25, -0.2) is 9.89 Å². The summed E-state index contributed by atoms with van der Waals surface area (Å²) in [5.41, 5.74) is 1.23. The molecule has 0 bridgehead atoms. The number of tetrazole rings is 1. The van der Waals surface area contributed by atoms with Gasteiger partial charge in [-0.15, -0.1) is 5.10 Å². The molecule has 0 fully saturated rings. The monoisotopic (exact) mass is 258 g/mol. The molecule has 3 rings (SSSR count). The number of aromatic nitrogens is 4. The zero-order chi connectivity index (χ0) is 13.2. The van der Waals surface area contributed by atoms with Crippen LogP contribution in [-0.4, -0.2) is 32.3 Å². The Labute approximate surface area is 106 Å². The highest BCUT2D eigenvalue weighted by atomic mass is 16.4. The van der Waals surface area contributed by atoms with Gasteiger partial charge in [-0.2, -0.15) is 0 Å². The Bertz CT molecular complexity index is 764. The quantitative estimate of drug-likeness (QED) is 0.663. The van der Waals surface area contributed by atoms with Crippen LogP contribution in [0.5, 0.6) is 0 Å². The second-order valence-electron chi connectivity index (χ2n) is 4.04. The normalized spacial score (nSPS) is 11.0. The molecule has 0 aliphatic carbocycles. The average molecular weight is 258 g/mol. The molecule has 0 saturated heterocycles. The van der Waals surface area contributed by atoms with Crippen LogP contribution in [0.15, 0.2) is 33.5 Å². The summed E-state index contributed by atoms with van der Waals surface area (Å²) in [4.78, 5) is 11.8. The van der Waals surface area contributed by atoms with E-state index in [0.29, 0.717) is 12.0 Å². The third-order valence-electron chi connectivity index (χ3n) is 2.80. The minimum Gasteiger partial charge on any atom is -0.422 e. The van der Waals surface area contributed by atoms with Gasteiger partial charge >= 0.3 is 5.63 Å². The van der Waals surface area contributed by atoms with E-state index in [-0.39, 0.29) is 18.0 Å². The molecule has 2 aromatic heterocycles. The summed E-state index contributed by atoms with van der Waals surface area (Å²) >= 11 is 0. The third kappa shape index (κ3) is 2.11. The van der Waals surface area contributed by atoms with Gasteiger partial charge in [-0.3, -0.25) is 0 Å². The van der Waals surface area contributed by atoms with Crippen molar-refractivity contribution in [3.05, 3.63) is 40.2 Å². The first-order valence-electron chi connectivity index (χ1n) is 5.69. The van der Waals surface area contributed by atoms with Crippen molar-refractivity contribution in [1.82, 2.24) is 20.6 Å². The molecule has 0 radical (unpaired) electrons. The van der Waals surface area contributed by atoms with Gasteiger partial charge in [-0.1, -0.05) is 6.07 Å². The van der Waals surface area contributed by atoms with E-state index >= 15 is 0 Å². The first kappa shape index (κ1) is 11.5. The summed E-state index contributed by atoms with van der Waals surface area (Å²) in [5, 5.41) is 22.8. The van der Waals surface area contributed by atoms with E-state index < -0.39 is 5.63 Å². The molecule has 0 unspecified atom stereocenters. The molecule has 0 spiro atoms. The lowest BCUT2D eigenvalue weighted by atomic mass is 10.1. The number of aromatic amines is 1. The van der Waals surface area contributed by atoms with Crippen molar-refractivity contribution in [3.63, 3.8) is 0 Å². The maximum absolute atomic E-state index is 11.8. The van der Waals surface area contributed by atoms with E-state index in [4.69, 9.17) is 9.52 Å². The second kappa shape index (κ2) is 4.62. The number of hydrogen-bond acceptors (Lipinski definition) is 6. The molecule has 2 heterocycles. The molecule has 96 valence electrons. The zero-order valence-corrected chi connectivity index (χ0v) is 9.83. The first-order valence-corrected chi connectivity index (χ1v) is 5.69. The summed E-state index contributed by atoms with van der Waals surface area (Å²) in [6.07, 6.45) is 0.550. The Balaban J connectivity index is 2.19. The lowest BCUT2D eigenvalue weighted by molar-refractivity contribution is 0.299. The molecule has 19 heavy (non-hydrogen) atoms. The Morgan fingerprint density at radius 1 is 1.32 bits per heavy atom. The van der Waals surface area contributed by atoms with E-state index in [1.165, 1.54) is 0 Å². The van der Waals surface area contributed by atoms with Crippen molar-refractivity contribution in [3.8, 4) is 11.4 Å². The number of nitrogens with one attached hydrogen (secondary N) is 1. The number of aliphatic hydroxyl groups excluding tert-OH is 1. The summed E-state index contributed by atoms with van der Waals surface area (Å²) < 4.78 is 5.22. The van der Waals surface area contributed by atoms with Crippen LogP contribution in [0.25, 0.3) is 22.4 Å². The van der Waals surface area contributed by atoms with Crippen molar-refractivity contribution in [2.24, 2.45) is 0 Å². The molecule has 0 amide bonds. The van der Waals surface area contributed by atoms with Crippen molar-refractivity contribution in [1.29, 1.82) is 0 Å². The minimum absolute atomic E-state index is 0.0706. The fourth-order valence-electron chi connectivity index (χ4n) is 1.90. The number of H-pyrrole nitrogens is 1. The largest absolute Gasteiger partial charge is 0.422 e. The van der Waals surface area contributed by atoms with Gasteiger partial charge in [0.1, 0.15) is 11.1 Å². The minimum atomic E-state index is -0.499. The van der Waals surface area contributed by atoms with Crippen LogP contribution in [0, 0.1) is 0 Å². The smallest absolute Gasteiger partial charge is 0.347 e. The lowest BCUT2D eigenvalue weighted by Gasteiger charge is -2.02. The van der Waals surface area contributed by atoms with Crippen LogP contribution in [0.3, 0.4) is 0 Å². The van der Waals surface area contributed by atoms with E-state index in [1.807, 2.05) is 12.1 Å². The van der Waals surface area contributed by atoms with Crippen LogP contribution in [0.4, 0.5) is 0 Å². The fourth-order valence-corrected chi connectivity index (χ4v) is 1.90. The van der Waals surface area contributed by atoms with Gasteiger partial charge in [0, 0.05) is 12.0 Å². The molecule has 3 aromatic rings. The Kier molecular flexibility index (Phi) is 2.81. The van der Waals surface area contributed by atoms with Crippen molar-refractivity contribution in [2.75, 3.05) is 6.61 Å². The summed E-state index contributed by atoms with van der Waals surface area (Å²) in [6, 6.07) is 7.06. The maximum Gasteiger partial charge on any atom is 0.347 e. The lowest BCUT2D eigenvalue weighted by Crippen LogP contribution is -2.04. The van der Waals surface area contributed by atoms with Crippen LogP contribution in [0.2, 0.25) is 0 Å². The molecule has 0 aliphatic heterocycles. The van der Waals surface area contributed by atoms with E-state index in [0.717, 1.165) is 10.9 Å². The summed E-state index contributed by atoms with van der Waals surface area (Å²) in [6.45, 7) is 0.0706. The molecule has 0 atom stereocenters. The molecule has 0 saturated carbocycles. The molecule has 2 N–H and O–H groups in total. The van der Waals surface area contributed by atoms with Gasteiger partial charge in [0.15, 0.2) is 5.82 Å². The second-order valence-corrected chi connectivity index (χ2v) is 4.04. The number of rotatable bonds is 3. The number of hydrogen-bond donors (Lipinski definition) is 2. The predicted octanol–water partition coefficient (Wildman–Crippen LogP) is 0.508. The molecular weight excluding hydrogens is 248 g/mol. The molecular formula is C12H10N4O3. The molecule has 7 nitrogen and oxygen atoms in total. The third-order valence-corrected chi connectivity index (χ3v) is 2.80. The highest BCUT2D eigenvalue weighted by Gasteiger charge is 2.11. The highest BCUT2D eigenvalue weighted by Crippen LogP contribution is 2.19. The number of fused-ring (bicyclic) bond motifs is 1. The molecule has 0 aliphatic rings. The van der Waals surface area contributed by atoms with Crippen molar-refractivity contribution < 1.29 is 9.52 Å². The maximum atomic E-state index is 11.8. The first-order chi connectivity index (χ1) is 9.28. The standard InChI is InChI=1S/C12H10N4O3/c17-4-3-7-1-2-10-8(5-7)6-9(12(18)19-10)11-13-15-16-14-11/h1-2,5-6,17H,3-4H2,(H,13,14,15,16). The van der Waals surface area contributed by atoms with Crippen LogP contribution in [0.1, 0.15) is 5.56 Å². The Morgan fingerprint density at radius 3 is 2.95 bits per heavy atom. The Hall–Kier alpha value is -2.54. The van der Waals surface area contributed by atoms with Crippen molar-refractivity contribution >= 4 is 11.0 Å². The molecule has 1 aromatic carbocycles. The number of aliphatic hydroxyl groups is 1. The van der Waals surface area contributed by atoms with Crippen LogP contribution < -0.4 is 5.63 Å². The summed E-state index contributed by atoms with van der Waals surface area (Å²) in [5.74, 6) is 0.267. The van der Waals surface area contributed by atoms with Gasteiger partial charge in [0.25, 0.3) is 0 Å². The molecule has 7 heteroatoms. The van der Waals surface area contributed by atoms with E-state index in [2.05, 4.69) is 20.6 Å². The Morgan fingerprint density at radius 2 is 2.21 bits per heavy atom. The number of benzene rings is 1. The van der Waals surface area contributed by atoms with Gasteiger partial charge in [0.2, 0.25) is 0 Å². The number of nitrogens with zero attached hydrogens (tertiary/aromatic N) is 3. The average Bonchev–Trinajstić information content (AvgIpc) is 2.92. The highest BCUT2D eigenvalue weighted by molar-refractivity contribution is 5.81. The van der Waals surface area contributed by atoms with E-state index in [1.54, 1.807) is 12.1 Å². The van der Waals surface area contributed by atoms with Gasteiger partial charge < -0.3 is 9.52 Å². The SMILES string of the molecule is O=c1oc2ccc(CCO)cc2cc1-c1nnn[nH]1.